The largest absolute Gasteiger partial charge is 0.480 e. The summed E-state index contributed by atoms with van der Waals surface area (Å²) in [4.78, 5) is 34.6. The standard InChI is InChI=1S/C17H24N2O4/c1-12(2)18-15(20)9-6-10-16(21)19-14(17(22)23)11-13-7-4-3-5-8-13/h3-5,7-8,12,14H,6,9-11H2,1-2H3,(H,18,20)(H,19,21)(H,22,23). The third-order valence-electron chi connectivity index (χ3n) is 3.17. The smallest absolute Gasteiger partial charge is 0.326 e. The van der Waals surface area contributed by atoms with E-state index in [2.05, 4.69) is 10.6 Å². The zero-order chi connectivity index (χ0) is 17.2. The van der Waals surface area contributed by atoms with Crippen LogP contribution in [0.5, 0.6) is 0 Å². The zero-order valence-electron chi connectivity index (χ0n) is 13.5. The van der Waals surface area contributed by atoms with Gasteiger partial charge in [-0.15, -0.1) is 0 Å². The van der Waals surface area contributed by atoms with E-state index >= 15 is 0 Å². The van der Waals surface area contributed by atoms with E-state index in [-0.39, 0.29) is 37.1 Å². The minimum absolute atomic E-state index is 0.0681. The maximum Gasteiger partial charge on any atom is 0.326 e. The zero-order valence-corrected chi connectivity index (χ0v) is 13.5. The number of hydrogen-bond donors (Lipinski definition) is 3. The van der Waals surface area contributed by atoms with E-state index in [0.717, 1.165) is 5.56 Å². The van der Waals surface area contributed by atoms with Gasteiger partial charge in [-0.25, -0.2) is 4.79 Å². The molecule has 6 heteroatoms. The molecule has 0 fully saturated rings. The summed E-state index contributed by atoms with van der Waals surface area (Å²) in [6.07, 6.45) is 1.00. The fourth-order valence-corrected chi connectivity index (χ4v) is 2.12. The number of amides is 2. The van der Waals surface area contributed by atoms with Gasteiger partial charge >= 0.3 is 5.97 Å². The van der Waals surface area contributed by atoms with Crippen molar-refractivity contribution < 1.29 is 19.5 Å². The van der Waals surface area contributed by atoms with Crippen LogP contribution in [0.2, 0.25) is 0 Å². The fourth-order valence-electron chi connectivity index (χ4n) is 2.12. The molecule has 126 valence electrons. The molecule has 0 saturated heterocycles. The number of carboxylic acids is 1. The molecule has 6 nitrogen and oxygen atoms in total. The third-order valence-corrected chi connectivity index (χ3v) is 3.17. The molecule has 0 spiro atoms. The quantitative estimate of drug-likeness (QED) is 0.642. The number of rotatable bonds is 9. The number of carboxylic acid groups (broad SMARTS) is 1. The molecule has 1 atom stereocenters. The maximum absolute atomic E-state index is 11.8. The first kappa shape index (κ1) is 18.7. The van der Waals surface area contributed by atoms with Crippen molar-refractivity contribution in [2.24, 2.45) is 0 Å². The van der Waals surface area contributed by atoms with Crippen LogP contribution >= 0.6 is 0 Å². The third kappa shape index (κ3) is 7.99. The highest BCUT2D eigenvalue weighted by Crippen LogP contribution is 2.04. The number of hydrogen-bond acceptors (Lipinski definition) is 3. The van der Waals surface area contributed by atoms with Gasteiger partial charge in [0.2, 0.25) is 11.8 Å². The fraction of sp³-hybridized carbons (Fsp3) is 0.471. The second-order valence-electron chi connectivity index (χ2n) is 5.72. The van der Waals surface area contributed by atoms with E-state index in [9.17, 15) is 19.5 Å². The molecule has 0 heterocycles. The first-order chi connectivity index (χ1) is 10.9. The molecule has 23 heavy (non-hydrogen) atoms. The Labute approximate surface area is 136 Å². The van der Waals surface area contributed by atoms with Crippen molar-refractivity contribution in [3.05, 3.63) is 35.9 Å². The molecular weight excluding hydrogens is 296 g/mol. The Morgan fingerprint density at radius 1 is 1.00 bits per heavy atom. The second-order valence-corrected chi connectivity index (χ2v) is 5.72. The van der Waals surface area contributed by atoms with Gasteiger partial charge in [0, 0.05) is 25.3 Å². The van der Waals surface area contributed by atoms with Gasteiger partial charge in [0.1, 0.15) is 6.04 Å². The van der Waals surface area contributed by atoms with E-state index in [1.54, 1.807) is 0 Å². The van der Waals surface area contributed by atoms with E-state index in [1.165, 1.54) is 0 Å². The Morgan fingerprint density at radius 2 is 1.57 bits per heavy atom. The topological polar surface area (TPSA) is 95.5 Å². The molecule has 1 aromatic rings. The molecule has 1 aromatic carbocycles. The number of aliphatic carboxylic acids is 1. The molecule has 2 amide bonds. The summed E-state index contributed by atoms with van der Waals surface area (Å²) in [6, 6.07) is 8.23. The highest BCUT2D eigenvalue weighted by Gasteiger charge is 2.20. The van der Waals surface area contributed by atoms with Crippen molar-refractivity contribution in [3.63, 3.8) is 0 Å². The summed E-state index contributed by atoms with van der Waals surface area (Å²) in [5.41, 5.74) is 0.844. The second kappa shape index (κ2) is 9.61. The Hall–Kier alpha value is -2.37. The monoisotopic (exact) mass is 320 g/mol. The van der Waals surface area contributed by atoms with Crippen LogP contribution in [-0.2, 0) is 20.8 Å². The number of carbonyl (C=O) groups excluding carboxylic acids is 2. The van der Waals surface area contributed by atoms with Gasteiger partial charge in [0.15, 0.2) is 0 Å². The van der Waals surface area contributed by atoms with Crippen molar-refractivity contribution >= 4 is 17.8 Å². The van der Waals surface area contributed by atoms with Crippen LogP contribution in [0.4, 0.5) is 0 Å². The van der Waals surface area contributed by atoms with Gasteiger partial charge in [-0.1, -0.05) is 30.3 Å². The van der Waals surface area contributed by atoms with Crippen LogP contribution < -0.4 is 10.6 Å². The summed E-state index contributed by atoms with van der Waals surface area (Å²) < 4.78 is 0. The predicted octanol–water partition coefficient (Wildman–Crippen LogP) is 1.49. The number of benzene rings is 1. The Kier molecular flexibility index (Phi) is 7.80. The summed E-state index contributed by atoms with van der Waals surface area (Å²) in [6.45, 7) is 3.73. The van der Waals surface area contributed by atoms with Crippen LogP contribution in [0.25, 0.3) is 0 Å². The summed E-state index contributed by atoms with van der Waals surface area (Å²) in [7, 11) is 0. The molecule has 0 bridgehead atoms. The predicted molar refractivity (Wildman–Crippen MR) is 86.8 cm³/mol. The van der Waals surface area contributed by atoms with Crippen LogP contribution in [0.1, 0.15) is 38.7 Å². The van der Waals surface area contributed by atoms with Gasteiger partial charge < -0.3 is 15.7 Å². The van der Waals surface area contributed by atoms with Gasteiger partial charge in [-0.2, -0.15) is 0 Å². The lowest BCUT2D eigenvalue weighted by molar-refractivity contribution is -0.141. The minimum Gasteiger partial charge on any atom is -0.480 e. The molecule has 3 N–H and O–H groups in total. The van der Waals surface area contributed by atoms with Gasteiger partial charge in [-0.3, -0.25) is 9.59 Å². The van der Waals surface area contributed by atoms with Crippen molar-refractivity contribution in [2.45, 2.75) is 51.6 Å². The first-order valence-electron chi connectivity index (χ1n) is 7.74. The highest BCUT2D eigenvalue weighted by molar-refractivity contribution is 5.84. The molecule has 0 aromatic heterocycles. The van der Waals surface area contributed by atoms with Gasteiger partial charge in [0.05, 0.1) is 0 Å². The average molecular weight is 320 g/mol. The average Bonchev–Trinajstić information content (AvgIpc) is 2.46. The lowest BCUT2D eigenvalue weighted by Crippen LogP contribution is -2.42. The lowest BCUT2D eigenvalue weighted by Gasteiger charge is -2.14. The molecular formula is C17H24N2O4. The Morgan fingerprint density at radius 3 is 2.09 bits per heavy atom. The van der Waals surface area contributed by atoms with Crippen molar-refractivity contribution in [1.29, 1.82) is 0 Å². The summed E-state index contributed by atoms with van der Waals surface area (Å²) in [5.74, 6) is -1.53. The number of nitrogens with one attached hydrogen (secondary N) is 2. The minimum atomic E-state index is -1.07. The maximum atomic E-state index is 11.8. The molecule has 0 aliphatic carbocycles. The summed E-state index contributed by atoms with van der Waals surface area (Å²) in [5, 5.41) is 14.5. The van der Waals surface area contributed by atoms with Crippen LogP contribution in [0.15, 0.2) is 30.3 Å². The van der Waals surface area contributed by atoms with E-state index < -0.39 is 12.0 Å². The van der Waals surface area contributed by atoms with Crippen molar-refractivity contribution in [2.75, 3.05) is 0 Å². The Balaban J connectivity index is 2.40. The Bertz CT molecular complexity index is 529. The molecule has 0 radical (unpaired) electrons. The van der Waals surface area contributed by atoms with Gasteiger partial charge in [-0.05, 0) is 25.8 Å². The molecule has 0 aliphatic rings. The SMILES string of the molecule is CC(C)NC(=O)CCCC(=O)NC(Cc1ccccc1)C(=O)O. The normalized spacial score (nSPS) is 11.8. The van der Waals surface area contributed by atoms with Crippen LogP contribution in [0.3, 0.4) is 0 Å². The molecule has 1 unspecified atom stereocenters. The first-order valence-corrected chi connectivity index (χ1v) is 7.74. The molecule has 0 saturated carbocycles. The van der Waals surface area contributed by atoms with Crippen LogP contribution in [0, 0.1) is 0 Å². The lowest BCUT2D eigenvalue weighted by atomic mass is 10.1. The van der Waals surface area contributed by atoms with Crippen molar-refractivity contribution in [3.8, 4) is 0 Å². The van der Waals surface area contributed by atoms with Crippen LogP contribution in [-0.4, -0.2) is 35.0 Å². The van der Waals surface area contributed by atoms with Gasteiger partial charge in [0.25, 0.3) is 0 Å². The van der Waals surface area contributed by atoms with E-state index in [0.29, 0.717) is 6.42 Å². The highest BCUT2D eigenvalue weighted by atomic mass is 16.4. The van der Waals surface area contributed by atoms with E-state index in [4.69, 9.17) is 0 Å². The summed E-state index contributed by atoms with van der Waals surface area (Å²) >= 11 is 0. The molecule has 1 rings (SSSR count). The molecule has 0 aliphatic heterocycles. The number of carbonyl (C=O) groups is 3. The van der Waals surface area contributed by atoms with Crippen molar-refractivity contribution in [1.82, 2.24) is 10.6 Å². The van der Waals surface area contributed by atoms with E-state index in [1.807, 2.05) is 44.2 Å².